The molecule has 4 atom stereocenters. The molecule has 0 saturated carbocycles. The summed E-state index contributed by atoms with van der Waals surface area (Å²) in [6.07, 6.45) is 0.712. The summed E-state index contributed by atoms with van der Waals surface area (Å²) in [6.45, 7) is 9.30. The zero-order valence-electron chi connectivity index (χ0n) is 19.0. The highest BCUT2D eigenvalue weighted by Crippen LogP contribution is 2.52. The third-order valence-corrected chi connectivity index (χ3v) is 6.21. The fourth-order valence-electron chi connectivity index (χ4n) is 4.37. The SMILES string of the molecule is CCC[C@@H]1C(=O)N2[C@H](C(C)(C)C)OC[C@@]2(C(=O)OC)[C@]1(C)O.O=C(Cl)c1ccccc1. The first-order valence-electron chi connectivity index (χ1n) is 10.4. The zero-order chi connectivity index (χ0) is 23.6. The van der Waals surface area contributed by atoms with Crippen molar-refractivity contribution in [3.63, 3.8) is 0 Å². The Morgan fingerprint density at radius 3 is 2.29 bits per heavy atom. The number of fused-ring (bicyclic) bond motifs is 1. The summed E-state index contributed by atoms with van der Waals surface area (Å²) in [5.41, 5.74) is -2.81. The van der Waals surface area contributed by atoms with Crippen molar-refractivity contribution in [2.24, 2.45) is 11.3 Å². The number of benzene rings is 1. The van der Waals surface area contributed by atoms with Crippen LogP contribution in [0.1, 0.15) is 57.8 Å². The van der Waals surface area contributed by atoms with Crippen molar-refractivity contribution in [3.8, 4) is 0 Å². The van der Waals surface area contributed by atoms with Crippen molar-refractivity contribution in [2.45, 2.75) is 64.8 Å². The molecule has 0 unspecified atom stereocenters. The van der Waals surface area contributed by atoms with E-state index in [2.05, 4.69) is 0 Å². The Bertz CT molecular complexity index is 819. The second-order valence-electron chi connectivity index (χ2n) is 9.22. The van der Waals surface area contributed by atoms with Gasteiger partial charge in [-0.25, -0.2) is 4.79 Å². The minimum Gasteiger partial charge on any atom is -0.467 e. The Morgan fingerprint density at radius 1 is 1.29 bits per heavy atom. The van der Waals surface area contributed by atoms with Gasteiger partial charge >= 0.3 is 5.97 Å². The summed E-state index contributed by atoms with van der Waals surface area (Å²) in [6, 6.07) is 8.74. The number of carbonyl (C=O) groups excluding carboxylic acids is 3. The Hall–Kier alpha value is -1.96. The third-order valence-electron chi connectivity index (χ3n) is 5.99. The van der Waals surface area contributed by atoms with Gasteiger partial charge in [-0.3, -0.25) is 14.5 Å². The highest BCUT2D eigenvalue weighted by Gasteiger charge is 2.75. The lowest BCUT2D eigenvalue weighted by Gasteiger charge is -2.40. The Balaban J connectivity index is 0.000000316. The van der Waals surface area contributed by atoms with Gasteiger partial charge in [0.2, 0.25) is 5.91 Å². The number of rotatable bonds is 4. The smallest absolute Gasteiger partial charge is 0.337 e. The van der Waals surface area contributed by atoms with Crippen LogP contribution in [0, 0.1) is 11.3 Å². The topological polar surface area (TPSA) is 93.1 Å². The van der Waals surface area contributed by atoms with Crippen LogP contribution >= 0.6 is 11.6 Å². The van der Waals surface area contributed by atoms with Crippen molar-refractivity contribution in [3.05, 3.63) is 35.9 Å². The van der Waals surface area contributed by atoms with Crippen LogP contribution in [-0.2, 0) is 19.1 Å². The number of methoxy groups -OCH3 is 1. The Kier molecular flexibility index (Phi) is 7.56. The summed E-state index contributed by atoms with van der Waals surface area (Å²) in [4.78, 5) is 37.4. The first kappa shape index (κ1) is 25.3. The number of hydrogen-bond acceptors (Lipinski definition) is 6. The molecule has 3 rings (SSSR count). The zero-order valence-corrected chi connectivity index (χ0v) is 19.7. The van der Waals surface area contributed by atoms with E-state index in [1.54, 1.807) is 31.2 Å². The molecular weight excluding hydrogens is 422 g/mol. The molecule has 8 heteroatoms. The van der Waals surface area contributed by atoms with Gasteiger partial charge < -0.3 is 14.6 Å². The Labute approximate surface area is 188 Å². The quantitative estimate of drug-likeness (QED) is 0.555. The van der Waals surface area contributed by atoms with Gasteiger partial charge in [0.1, 0.15) is 11.8 Å². The molecule has 0 radical (unpaired) electrons. The molecule has 0 aliphatic carbocycles. The number of nitrogens with zero attached hydrogens (tertiary/aromatic N) is 1. The molecule has 2 heterocycles. The van der Waals surface area contributed by atoms with Crippen LogP contribution in [0.3, 0.4) is 0 Å². The number of amides is 1. The third kappa shape index (κ3) is 4.36. The highest BCUT2D eigenvalue weighted by atomic mass is 35.5. The second kappa shape index (κ2) is 9.27. The molecule has 0 spiro atoms. The summed E-state index contributed by atoms with van der Waals surface area (Å²) in [5.74, 6) is -1.46. The maximum absolute atomic E-state index is 13.0. The van der Waals surface area contributed by atoms with Crippen molar-refractivity contribution < 1.29 is 29.0 Å². The standard InChI is InChI=1S/C16H27NO5.C7H5ClO/c1-7-8-10-11(18)17-12(14(2,3)4)22-9-16(17,13(19)21-6)15(10,5)20;8-7(9)6-4-2-1-3-5-6/h10,12,20H,7-9H2,1-6H3;1-5H/t10-,12+,15-,16-;/m1./s1. The second-order valence-corrected chi connectivity index (χ2v) is 9.56. The van der Waals surface area contributed by atoms with Gasteiger partial charge in [0.15, 0.2) is 5.54 Å². The molecule has 2 aliphatic rings. The summed E-state index contributed by atoms with van der Waals surface area (Å²) >= 11 is 5.16. The van der Waals surface area contributed by atoms with Crippen LogP contribution in [-0.4, -0.2) is 58.2 Å². The molecule has 31 heavy (non-hydrogen) atoms. The van der Waals surface area contributed by atoms with Crippen LogP contribution in [0.4, 0.5) is 0 Å². The molecule has 172 valence electrons. The van der Waals surface area contributed by atoms with Crippen molar-refractivity contribution in [1.82, 2.24) is 4.90 Å². The van der Waals surface area contributed by atoms with E-state index in [-0.39, 0.29) is 17.9 Å². The van der Waals surface area contributed by atoms with Gasteiger partial charge in [-0.15, -0.1) is 0 Å². The van der Waals surface area contributed by atoms with Gasteiger partial charge in [-0.1, -0.05) is 64.4 Å². The maximum Gasteiger partial charge on any atom is 0.337 e. The van der Waals surface area contributed by atoms with Crippen LogP contribution < -0.4 is 0 Å². The molecule has 2 saturated heterocycles. The number of halogens is 1. The van der Waals surface area contributed by atoms with Crippen molar-refractivity contribution >= 4 is 28.7 Å². The molecule has 1 aromatic carbocycles. The highest BCUT2D eigenvalue weighted by molar-refractivity contribution is 6.67. The van der Waals surface area contributed by atoms with Crippen molar-refractivity contribution in [1.29, 1.82) is 0 Å². The normalized spacial score (nSPS) is 29.8. The number of ether oxygens (including phenoxy) is 2. The van der Waals surface area contributed by atoms with Gasteiger partial charge in [0, 0.05) is 11.0 Å². The van der Waals surface area contributed by atoms with E-state index in [4.69, 9.17) is 21.1 Å². The minimum absolute atomic E-state index is 0.0411. The number of aliphatic hydroxyl groups is 1. The predicted octanol–water partition coefficient (Wildman–Crippen LogP) is 3.38. The van der Waals surface area contributed by atoms with E-state index in [1.807, 2.05) is 33.8 Å². The molecular formula is C23H32ClNO6. The average molecular weight is 454 g/mol. The van der Waals surface area contributed by atoms with E-state index in [0.717, 1.165) is 6.42 Å². The Morgan fingerprint density at radius 2 is 1.87 bits per heavy atom. The maximum atomic E-state index is 13.0. The lowest BCUT2D eigenvalue weighted by atomic mass is 9.75. The first-order chi connectivity index (χ1) is 14.4. The van der Waals surface area contributed by atoms with Gasteiger partial charge in [-0.05, 0) is 24.9 Å². The van der Waals surface area contributed by atoms with Gasteiger partial charge in [0.25, 0.3) is 5.24 Å². The summed E-state index contributed by atoms with van der Waals surface area (Å²) < 4.78 is 10.7. The van der Waals surface area contributed by atoms with E-state index >= 15 is 0 Å². The number of esters is 1. The fraction of sp³-hybridized carbons (Fsp3) is 0.609. The molecule has 2 aliphatic heterocycles. The molecule has 1 N–H and O–H groups in total. The lowest BCUT2D eigenvalue weighted by molar-refractivity contribution is -0.167. The average Bonchev–Trinajstić information content (AvgIpc) is 3.20. The molecule has 1 amide bonds. The molecule has 7 nitrogen and oxygen atoms in total. The predicted molar refractivity (Wildman–Crippen MR) is 116 cm³/mol. The molecule has 0 aromatic heterocycles. The summed E-state index contributed by atoms with van der Waals surface area (Å²) in [7, 11) is 1.27. The van der Waals surface area contributed by atoms with Crippen molar-refractivity contribution in [2.75, 3.05) is 13.7 Å². The molecule has 2 fully saturated rings. The minimum atomic E-state index is -1.52. The largest absolute Gasteiger partial charge is 0.467 e. The first-order valence-corrected chi connectivity index (χ1v) is 10.7. The van der Waals surface area contributed by atoms with E-state index in [0.29, 0.717) is 12.0 Å². The van der Waals surface area contributed by atoms with Gasteiger partial charge in [-0.2, -0.15) is 0 Å². The number of carbonyl (C=O) groups is 3. The van der Waals surface area contributed by atoms with Crippen LogP contribution in [0.5, 0.6) is 0 Å². The summed E-state index contributed by atoms with van der Waals surface area (Å²) in [5, 5.41) is 10.7. The van der Waals surface area contributed by atoms with E-state index < -0.39 is 34.5 Å². The van der Waals surface area contributed by atoms with Gasteiger partial charge in [0.05, 0.1) is 19.6 Å². The van der Waals surface area contributed by atoms with Crippen LogP contribution in [0.25, 0.3) is 0 Å². The molecule has 1 aromatic rings. The number of hydrogen-bond donors (Lipinski definition) is 1. The van der Waals surface area contributed by atoms with E-state index in [1.165, 1.54) is 12.0 Å². The fourth-order valence-corrected chi connectivity index (χ4v) is 4.49. The monoisotopic (exact) mass is 453 g/mol. The van der Waals surface area contributed by atoms with Crippen LogP contribution in [0.2, 0.25) is 0 Å². The molecule has 0 bridgehead atoms. The van der Waals surface area contributed by atoms with E-state index in [9.17, 15) is 19.5 Å². The lowest BCUT2D eigenvalue weighted by Crippen LogP contribution is -2.64. The van der Waals surface area contributed by atoms with Crippen LogP contribution in [0.15, 0.2) is 30.3 Å².